The topological polar surface area (TPSA) is 38.0 Å². The molecule has 0 saturated heterocycles. The predicted molar refractivity (Wildman–Crippen MR) is 76.0 cm³/mol. The Morgan fingerprint density at radius 1 is 0.938 bits per heavy atom. The first-order valence-corrected chi connectivity index (χ1v) is 6.31. The maximum atomic E-state index is 5.88. The van der Waals surface area contributed by atoms with E-state index in [1.165, 1.54) is 0 Å². The quantitative estimate of drug-likeness (QED) is 0.787. The van der Waals surface area contributed by atoms with Gasteiger partial charge in [-0.3, -0.25) is 0 Å². The van der Waals surface area contributed by atoms with Crippen LogP contribution in [0.1, 0.15) is 0 Å². The van der Waals surface area contributed by atoms with E-state index in [1.54, 1.807) is 0 Å². The minimum absolute atomic E-state index is 0.725. The molecule has 0 spiro atoms. The van der Waals surface area contributed by atoms with E-state index in [2.05, 4.69) is 37.2 Å². The second-order valence-corrected chi connectivity index (χ2v) is 5.20. The van der Waals surface area contributed by atoms with Gasteiger partial charge in [0.25, 0.3) is 0 Å². The van der Waals surface area contributed by atoms with Crippen molar-refractivity contribution in [1.29, 1.82) is 0 Å². The van der Waals surface area contributed by atoms with Crippen LogP contribution in [-0.2, 0) is 0 Å². The SMILES string of the molecule is Nc1ccc(Br)cc1Nc1cccc(Br)c1. The summed E-state index contributed by atoms with van der Waals surface area (Å²) in [6, 6.07) is 13.7. The van der Waals surface area contributed by atoms with E-state index < -0.39 is 0 Å². The minimum Gasteiger partial charge on any atom is -0.397 e. The molecule has 16 heavy (non-hydrogen) atoms. The van der Waals surface area contributed by atoms with Gasteiger partial charge in [-0.05, 0) is 36.4 Å². The number of anilines is 3. The summed E-state index contributed by atoms with van der Waals surface area (Å²) in [5, 5.41) is 3.27. The highest BCUT2D eigenvalue weighted by Gasteiger charge is 2.00. The highest BCUT2D eigenvalue weighted by molar-refractivity contribution is 9.10. The molecular formula is C12H10Br2N2. The first-order valence-electron chi connectivity index (χ1n) is 4.73. The molecule has 2 aromatic carbocycles. The molecule has 0 amide bonds. The van der Waals surface area contributed by atoms with Crippen molar-refractivity contribution < 1.29 is 0 Å². The number of nitrogen functional groups attached to an aromatic ring is 1. The van der Waals surface area contributed by atoms with Crippen molar-refractivity contribution in [1.82, 2.24) is 0 Å². The first kappa shape index (κ1) is 11.5. The Balaban J connectivity index is 2.30. The molecule has 4 heteroatoms. The molecule has 0 aromatic heterocycles. The zero-order chi connectivity index (χ0) is 11.5. The third-order valence-electron chi connectivity index (χ3n) is 2.12. The van der Waals surface area contributed by atoms with Crippen LogP contribution in [0.15, 0.2) is 51.4 Å². The fourth-order valence-corrected chi connectivity index (χ4v) is 2.12. The monoisotopic (exact) mass is 340 g/mol. The molecule has 0 aliphatic carbocycles. The van der Waals surface area contributed by atoms with Gasteiger partial charge < -0.3 is 11.1 Å². The summed E-state index contributed by atoms with van der Waals surface area (Å²) >= 11 is 6.85. The van der Waals surface area contributed by atoms with Crippen LogP contribution < -0.4 is 11.1 Å². The average molecular weight is 342 g/mol. The second-order valence-electron chi connectivity index (χ2n) is 3.37. The standard InChI is InChI=1S/C12H10Br2N2/c13-8-2-1-3-10(6-8)16-12-7-9(14)4-5-11(12)15/h1-7,16H,15H2. The van der Waals surface area contributed by atoms with Crippen LogP contribution in [0.2, 0.25) is 0 Å². The smallest absolute Gasteiger partial charge is 0.0629 e. The maximum Gasteiger partial charge on any atom is 0.0629 e. The molecule has 0 aliphatic rings. The van der Waals surface area contributed by atoms with Crippen LogP contribution in [-0.4, -0.2) is 0 Å². The fourth-order valence-electron chi connectivity index (χ4n) is 1.36. The zero-order valence-electron chi connectivity index (χ0n) is 8.37. The van der Waals surface area contributed by atoms with Gasteiger partial charge in [-0.2, -0.15) is 0 Å². The van der Waals surface area contributed by atoms with E-state index in [1.807, 2.05) is 42.5 Å². The Hall–Kier alpha value is -1.00. The molecule has 2 nitrogen and oxygen atoms in total. The number of hydrogen-bond acceptors (Lipinski definition) is 2. The molecule has 0 atom stereocenters. The van der Waals surface area contributed by atoms with Crippen molar-refractivity contribution >= 4 is 48.9 Å². The van der Waals surface area contributed by atoms with Gasteiger partial charge in [0.2, 0.25) is 0 Å². The summed E-state index contributed by atoms with van der Waals surface area (Å²) in [6.45, 7) is 0. The summed E-state index contributed by atoms with van der Waals surface area (Å²) in [6.07, 6.45) is 0. The lowest BCUT2D eigenvalue weighted by molar-refractivity contribution is 1.52. The Kier molecular flexibility index (Phi) is 3.51. The number of hydrogen-bond donors (Lipinski definition) is 2. The molecule has 0 radical (unpaired) electrons. The summed E-state index contributed by atoms with van der Waals surface area (Å²) in [4.78, 5) is 0. The number of nitrogens with one attached hydrogen (secondary N) is 1. The molecule has 0 aliphatic heterocycles. The molecule has 0 saturated carbocycles. The average Bonchev–Trinajstić information content (AvgIpc) is 2.24. The zero-order valence-corrected chi connectivity index (χ0v) is 11.5. The van der Waals surface area contributed by atoms with Crippen molar-refractivity contribution in [3.8, 4) is 0 Å². The van der Waals surface area contributed by atoms with Crippen molar-refractivity contribution in [2.75, 3.05) is 11.1 Å². The highest BCUT2D eigenvalue weighted by Crippen LogP contribution is 2.27. The van der Waals surface area contributed by atoms with Gasteiger partial charge in [-0.25, -0.2) is 0 Å². The van der Waals surface area contributed by atoms with Crippen LogP contribution in [0.4, 0.5) is 17.1 Å². The molecule has 0 fully saturated rings. The lowest BCUT2D eigenvalue weighted by atomic mass is 10.2. The third kappa shape index (κ3) is 2.77. The molecule has 2 aromatic rings. The van der Waals surface area contributed by atoms with Crippen LogP contribution in [0, 0.1) is 0 Å². The van der Waals surface area contributed by atoms with Crippen molar-refractivity contribution in [2.24, 2.45) is 0 Å². The molecule has 3 N–H and O–H groups in total. The van der Waals surface area contributed by atoms with E-state index >= 15 is 0 Å². The fraction of sp³-hybridized carbons (Fsp3) is 0. The van der Waals surface area contributed by atoms with Gasteiger partial charge in [0.1, 0.15) is 0 Å². The van der Waals surface area contributed by atoms with E-state index in [4.69, 9.17) is 5.73 Å². The number of nitrogens with two attached hydrogens (primary N) is 1. The number of rotatable bonds is 2. The normalized spacial score (nSPS) is 10.1. The van der Waals surface area contributed by atoms with Crippen LogP contribution in [0.25, 0.3) is 0 Å². The molecular weight excluding hydrogens is 332 g/mol. The Morgan fingerprint density at radius 3 is 2.44 bits per heavy atom. The van der Waals surface area contributed by atoms with Crippen molar-refractivity contribution in [2.45, 2.75) is 0 Å². The predicted octanol–water partition coefficient (Wildman–Crippen LogP) is 4.54. The van der Waals surface area contributed by atoms with E-state index in [-0.39, 0.29) is 0 Å². The van der Waals surface area contributed by atoms with E-state index in [0.717, 1.165) is 26.0 Å². The molecule has 82 valence electrons. The summed E-state index contributed by atoms with van der Waals surface area (Å²) in [7, 11) is 0. The largest absolute Gasteiger partial charge is 0.397 e. The van der Waals surface area contributed by atoms with Crippen molar-refractivity contribution in [3.63, 3.8) is 0 Å². The highest BCUT2D eigenvalue weighted by atomic mass is 79.9. The summed E-state index contributed by atoms with van der Waals surface area (Å²) in [5.74, 6) is 0. The molecule has 0 bridgehead atoms. The first-order chi connectivity index (χ1) is 7.65. The van der Waals surface area contributed by atoms with Crippen LogP contribution in [0.5, 0.6) is 0 Å². The lowest BCUT2D eigenvalue weighted by Gasteiger charge is -2.09. The van der Waals surface area contributed by atoms with Gasteiger partial charge in [0.15, 0.2) is 0 Å². The van der Waals surface area contributed by atoms with Crippen LogP contribution >= 0.6 is 31.9 Å². The second kappa shape index (κ2) is 4.89. The molecule has 2 rings (SSSR count). The number of benzene rings is 2. The van der Waals surface area contributed by atoms with Crippen molar-refractivity contribution in [3.05, 3.63) is 51.4 Å². The van der Waals surface area contributed by atoms with E-state index in [9.17, 15) is 0 Å². The van der Waals surface area contributed by atoms with Gasteiger partial charge in [0, 0.05) is 14.6 Å². The van der Waals surface area contributed by atoms with Gasteiger partial charge >= 0.3 is 0 Å². The minimum atomic E-state index is 0.725. The summed E-state index contributed by atoms with van der Waals surface area (Å²) in [5.41, 5.74) is 8.50. The van der Waals surface area contributed by atoms with Gasteiger partial charge in [-0.1, -0.05) is 37.9 Å². The lowest BCUT2D eigenvalue weighted by Crippen LogP contribution is -1.95. The third-order valence-corrected chi connectivity index (χ3v) is 3.11. The Morgan fingerprint density at radius 2 is 1.69 bits per heavy atom. The molecule has 0 heterocycles. The number of halogens is 2. The van der Waals surface area contributed by atoms with Gasteiger partial charge in [-0.15, -0.1) is 0 Å². The molecule has 0 unspecified atom stereocenters. The van der Waals surface area contributed by atoms with E-state index in [0.29, 0.717) is 0 Å². The van der Waals surface area contributed by atoms with Crippen LogP contribution in [0.3, 0.4) is 0 Å². The Labute approximate surface area is 111 Å². The van der Waals surface area contributed by atoms with Gasteiger partial charge in [0.05, 0.1) is 11.4 Å². The Bertz CT molecular complexity index is 512. The maximum absolute atomic E-state index is 5.88. The summed E-state index contributed by atoms with van der Waals surface area (Å²) < 4.78 is 2.03.